The summed E-state index contributed by atoms with van der Waals surface area (Å²) in [5.41, 5.74) is 5.12. The van der Waals surface area contributed by atoms with E-state index in [1.54, 1.807) is 12.3 Å². The lowest BCUT2D eigenvalue weighted by Crippen LogP contribution is -2.29. The Morgan fingerprint density at radius 3 is 2.64 bits per heavy atom. The standard InChI is InChI=1S/C26H28N8O2/c1-17-12-24(32(4)11-10-31(2)3)25(34(35)36)14-22(17)30-26-28-9-8-21(29-26)20-16-33(5)23-13-18(15-27)6-7-19(20)23/h6-9,12-14,16H,10-11H2,1-5H3,(H,28,29,30). The maximum Gasteiger partial charge on any atom is 0.294 e. The van der Waals surface area contributed by atoms with Crippen LogP contribution in [-0.4, -0.2) is 58.6 Å². The molecule has 0 atom stereocenters. The SMILES string of the molecule is Cc1cc(N(C)CCN(C)C)c([N+](=O)[O-])cc1Nc1nccc(-c2cn(C)c3cc(C#N)ccc23)n1. The number of nitro benzene ring substituents is 1. The minimum atomic E-state index is -0.366. The van der Waals surface area contributed by atoms with Gasteiger partial charge >= 0.3 is 0 Å². The van der Waals surface area contributed by atoms with Crippen molar-refractivity contribution >= 4 is 33.9 Å². The average Bonchev–Trinajstić information content (AvgIpc) is 3.19. The largest absolute Gasteiger partial charge is 0.368 e. The quantitative estimate of drug-likeness (QED) is 0.288. The number of hydrogen-bond donors (Lipinski definition) is 1. The maximum atomic E-state index is 11.9. The highest BCUT2D eigenvalue weighted by Gasteiger charge is 2.21. The molecule has 2 heterocycles. The fourth-order valence-corrected chi connectivity index (χ4v) is 4.09. The Labute approximate surface area is 209 Å². The first kappa shape index (κ1) is 24.6. The molecule has 0 bridgehead atoms. The van der Waals surface area contributed by atoms with Crippen molar-refractivity contribution in [3.8, 4) is 17.3 Å². The Hall–Kier alpha value is -4.49. The van der Waals surface area contributed by atoms with Gasteiger partial charge in [-0.05, 0) is 50.8 Å². The van der Waals surface area contributed by atoms with Crippen molar-refractivity contribution in [1.82, 2.24) is 19.4 Å². The van der Waals surface area contributed by atoms with Gasteiger partial charge in [-0.1, -0.05) is 6.07 Å². The number of benzene rings is 2. The first-order chi connectivity index (χ1) is 17.2. The third-order valence-electron chi connectivity index (χ3n) is 6.11. The molecule has 0 amide bonds. The number of fused-ring (bicyclic) bond motifs is 1. The highest BCUT2D eigenvalue weighted by Crippen LogP contribution is 2.35. The summed E-state index contributed by atoms with van der Waals surface area (Å²) in [7, 11) is 7.72. The molecule has 184 valence electrons. The van der Waals surface area contributed by atoms with Gasteiger partial charge in [-0.2, -0.15) is 5.26 Å². The van der Waals surface area contributed by atoms with Crippen LogP contribution in [0.3, 0.4) is 0 Å². The number of nitrogens with one attached hydrogen (secondary N) is 1. The normalized spacial score (nSPS) is 11.0. The van der Waals surface area contributed by atoms with E-state index in [0.29, 0.717) is 35.1 Å². The highest BCUT2D eigenvalue weighted by atomic mass is 16.6. The minimum Gasteiger partial charge on any atom is -0.368 e. The summed E-state index contributed by atoms with van der Waals surface area (Å²) >= 11 is 0. The fourth-order valence-electron chi connectivity index (χ4n) is 4.09. The summed E-state index contributed by atoms with van der Waals surface area (Å²) in [5.74, 6) is 0.337. The lowest BCUT2D eigenvalue weighted by Gasteiger charge is -2.22. The van der Waals surface area contributed by atoms with Gasteiger partial charge in [-0.3, -0.25) is 10.1 Å². The number of nitro groups is 1. The van der Waals surface area contributed by atoms with E-state index in [1.807, 2.05) is 79.9 Å². The van der Waals surface area contributed by atoms with Crippen LogP contribution in [0.2, 0.25) is 0 Å². The first-order valence-electron chi connectivity index (χ1n) is 11.4. The minimum absolute atomic E-state index is 0.0165. The van der Waals surface area contributed by atoms with E-state index in [4.69, 9.17) is 0 Å². The van der Waals surface area contributed by atoms with E-state index >= 15 is 0 Å². The van der Waals surface area contributed by atoms with Gasteiger partial charge in [-0.15, -0.1) is 0 Å². The summed E-state index contributed by atoms with van der Waals surface area (Å²) in [5, 5.41) is 25.2. The van der Waals surface area contributed by atoms with Crippen molar-refractivity contribution in [2.24, 2.45) is 7.05 Å². The van der Waals surface area contributed by atoms with E-state index in [9.17, 15) is 15.4 Å². The molecule has 0 saturated carbocycles. The fraction of sp³-hybridized carbons (Fsp3) is 0.269. The molecular formula is C26H28N8O2. The van der Waals surface area contributed by atoms with Crippen LogP contribution in [0.1, 0.15) is 11.1 Å². The smallest absolute Gasteiger partial charge is 0.294 e. The molecule has 0 aliphatic heterocycles. The van der Waals surface area contributed by atoms with Crippen LogP contribution < -0.4 is 10.2 Å². The molecule has 4 rings (SSSR count). The summed E-state index contributed by atoms with van der Waals surface area (Å²) in [6.45, 7) is 3.34. The van der Waals surface area contributed by atoms with E-state index in [0.717, 1.165) is 28.6 Å². The number of hydrogen-bond acceptors (Lipinski definition) is 8. The molecular weight excluding hydrogens is 456 g/mol. The third kappa shape index (κ3) is 4.96. The molecule has 10 heteroatoms. The van der Waals surface area contributed by atoms with Crippen molar-refractivity contribution in [3.05, 3.63) is 70.0 Å². The van der Waals surface area contributed by atoms with Gasteiger partial charge in [0, 0.05) is 62.1 Å². The molecule has 10 nitrogen and oxygen atoms in total. The molecule has 0 fully saturated rings. The molecule has 0 spiro atoms. The van der Waals surface area contributed by atoms with E-state index < -0.39 is 0 Å². The summed E-state index contributed by atoms with van der Waals surface area (Å²) in [6.07, 6.45) is 3.62. The number of aryl methyl sites for hydroxylation is 2. The van der Waals surface area contributed by atoms with Gasteiger partial charge in [0.2, 0.25) is 5.95 Å². The van der Waals surface area contributed by atoms with Gasteiger partial charge in [0.05, 0.1) is 27.9 Å². The Bertz CT molecular complexity index is 1490. The summed E-state index contributed by atoms with van der Waals surface area (Å²) in [4.78, 5) is 24.5. The molecule has 0 saturated heterocycles. The van der Waals surface area contributed by atoms with Crippen molar-refractivity contribution < 1.29 is 4.92 Å². The van der Waals surface area contributed by atoms with Crippen LogP contribution in [0.4, 0.5) is 23.0 Å². The summed E-state index contributed by atoms with van der Waals surface area (Å²) < 4.78 is 1.96. The van der Waals surface area contributed by atoms with Crippen LogP contribution in [0, 0.1) is 28.4 Å². The molecule has 2 aromatic heterocycles. The number of anilines is 3. The zero-order valence-corrected chi connectivity index (χ0v) is 21.0. The predicted molar refractivity (Wildman–Crippen MR) is 142 cm³/mol. The molecule has 4 aromatic rings. The van der Waals surface area contributed by atoms with Crippen LogP contribution in [0.5, 0.6) is 0 Å². The van der Waals surface area contributed by atoms with Gasteiger partial charge in [-0.25, -0.2) is 9.97 Å². The monoisotopic (exact) mass is 484 g/mol. The molecule has 0 radical (unpaired) electrons. The Morgan fingerprint density at radius 1 is 1.17 bits per heavy atom. The van der Waals surface area contributed by atoms with Gasteiger partial charge in [0.1, 0.15) is 5.69 Å². The Balaban J connectivity index is 1.67. The summed E-state index contributed by atoms with van der Waals surface area (Å²) in [6, 6.07) is 12.9. The third-order valence-corrected chi connectivity index (χ3v) is 6.11. The zero-order valence-electron chi connectivity index (χ0n) is 21.0. The van der Waals surface area contributed by atoms with Crippen LogP contribution >= 0.6 is 0 Å². The Kier molecular flexibility index (Phi) is 6.85. The van der Waals surface area contributed by atoms with Gasteiger partial charge < -0.3 is 19.7 Å². The van der Waals surface area contributed by atoms with Crippen molar-refractivity contribution in [2.45, 2.75) is 6.92 Å². The van der Waals surface area contributed by atoms with E-state index in [1.165, 1.54) is 6.07 Å². The molecule has 36 heavy (non-hydrogen) atoms. The van der Waals surface area contributed by atoms with Crippen molar-refractivity contribution in [3.63, 3.8) is 0 Å². The number of nitrogens with zero attached hydrogens (tertiary/aromatic N) is 7. The number of rotatable bonds is 8. The predicted octanol–water partition coefficient (Wildman–Crippen LogP) is 4.47. The van der Waals surface area contributed by atoms with Crippen molar-refractivity contribution in [1.29, 1.82) is 5.26 Å². The maximum absolute atomic E-state index is 11.9. The second-order valence-corrected chi connectivity index (χ2v) is 9.03. The highest BCUT2D eigenvalue weighted by molar-refractivity contribution is 5.96. The number of nitriles is 1. The molecule has 0 aliphatic carbocycles. The number of likely N-dealkylation sites (N-methyl/N-ethyl adjacent to an activating group) is 2. The molecule has 2 aromatic carbocycles. The van der Waals surface area contributed by atoms with E-state index in [-0.39, 0.29) is 10.6 Å². The zero-order chi connectivity index (χ0) is 26.0. The van der Waals surface area contributed by atoms with Gasteiger partial charge in [0.15, 0.2) is 0 Å². The van der Waals surface area contributed by atoms with E-state index in [2.05, 4.69) is 21.4 Å². The topological polar surface area (TPSA) is 116 Å². The van der Waals surface area contributed by atoms with Crippen LogP contribution in [-0.2, 0) is 7.05 Å². The molecule has 0 unspecified atom stereocenters. The second kappa shape index (κ2) is 10.0. The van der Waals surface area contributed by atoms with Crippen LogP contribution in [0.25, 0.3) is 22.2 Å². The average molecular weight is 485 g/mol. The first-order valence-corrected chi connectivity index (χ1v) is 11.4. The van der Waals surface area contributed by atoms with Gasteiger partial charge in [0.25, 0.3) is 5.69 Å². The molecule has 1 N–H and O–H groups in total. The lowest BCUT2D eigenvalue weighted by atomic mass is 10.1. The number of aromatic nitrogens is 3. The molecule has 0 aliphatic rings. The van der Waals surface area contributed by atoms with Crippen molar-refractivity contribution in [2.75, 3.05) is 44.4 Å². The lowest BCUT2D eigenvalue weighted by molar-refractivity contribution is -0.384. The van der Waals surface area contributed by atoms with Crippen LogP contribution in [0.15, 0.2) is 48.8 Å². The Morgan fingerprint density at radius 2 is 1.94 bits per heavy atom. The second-order valence-electron chi connectivity index (χ2n) is 9.03.